The van der Waals surface area contributed by atoms with Gasteiger partial charge in [0.15, 0.2) is 12.0 Å². The van der Waals surface area contributed by atoms with Crippen LogP contribution in [0.5, 0.6) is 0 Å². The van der Waals surface area contributed by atoms with Gasteiger partial charge < -0.3 is 0 Å². The molecule has 1 rings (SSSR count). The van der Waals surface area contributed by atoms with Crippen LogP contribution in [0.2, 0.25) is 0 Å². The van der Waals surface area contributed by atoms with Crippen LogP contribution in [0.4, 0.5) is 13.2 Å². The van der Waals surface area contributed by atoms with Gasteiger partial charge in [0, 0.05) is 7.05 Å². The first-order chi connectivity index (χ1) is 5.88. The molecular weight excluding hydrogens is 189 g/mol. The molecule has 1 aromatic heterocycles. The molecule has 0 atom stereocenters. The molecule has 0 amide bonds. The average Bonchev–Trinajstić information content (AvgIpc) is 2.28. The van der Waals surface area contributed by atoms with Gasteiger partial charge in [-0.3, -0.25) is 19.4 Å². The summed E-state index contributed by atoms with van der Waals surface area (Å²) in [7, 11) is 1.10. The normalized spacial score (nSPS) is 11.7. The lowest BCUT2D eigenvalue weighted by Gasteiger charge is -2.02. The molecule has 0 radical (unpaired) electrons. The van der Waals surface area contributed by atoms with E-state index in [4.69, 9.17) is 0 Å². The number of nitrogens with zero attached hydrogens (tertiary/aromatic N) is 1. The number of H-pyrrole nitrogens is 1. The zero-order valence-electron chi connectivity index (χ0n) is 6.47. The number of aldehydes is 1. The predicted molar refractivity (Wildman–Crippen MR) is 36.4 cm³/mol. The van der Waals surface area contributed by atoms with Crippen LogP contribution >= 0.6 is 0 Å². The molecule has 7 heteroatoms. The van der Waals surface area contributed by atoms with Crippen LogP contribution in [-0.4, -0.2) is 16.1 Å². The van der Waals surface area contributed by atoms with E-state index in [0.29, 0.717) is 4.68 Å². The highest BCUT2D eigenvalue weighted by atomic mass is 19.4. The third kappa shape index (κ3) is 1.49. The molecule has 0 saturated heterocycles. The minimum Gasteiger partial charge on any atom is -0.298 e. The van der Waals surface area contributed by atoms with Crippen molar-refractivity contribution < 1.29 is 18.0 Å². The third-order valence-electron chi connectivity index (χ3n) is 1.49. The molecule has 0 saturated carbocycles. The second-order valence-electron chi connectivity index (χ2n) is 2.38. The van der Waals surface area contributed by atoms with Crippen LogP contribution in [0.15, 0.2) is 4.79 Å². The number of nitrogens with one attached hydrogen (secondary N) is 1. The summed E-state index contributed by atoms with van der Waals surface area (Å²) >= 11 is 0. The summed E-state index contributed by atoms with van der Waals surface area (Å²) in [5.74, 6) is 0. The molecule has 1 N–H and O–H groups in total. The van der Waals surface area contributed by atoms with Gasteiger partial charge in [-0.2, -0.15) is 13.2 Å². The number of carbonyl (C=O) groups excluding carboxylic acids is 1. The first-order valence-electron chi connectivity index (χ1n) is 3.19. The predicted octanol–water partition coefficient (Wildman–Crippen LogP) is 0.545. The summed E-state index contributed by atoms with van der Waals surface area (Å²) in [6, 6.07) is 0. The van der Waals surface area contributed by atoms with E-state index in [2.05, 4.69) is 0 Å². The fraction of sp³-hybridized carbons (Fsp3) is 0.333. The number of hydrogen-bond donors (Lipinski definition) is 1. The standard InChI is InChI=1S/C6H5F3N2O2/c1-11-5(13)3(2-12)4(10-11)6(7,8)9/h2,10H,1H3. The summed E-state index contributed by atoms with van der Waals surface area (Å²) < 4.78 is 36.9. The maximum Gasteiger partial charge on any atom is 0.433 e. The quantitative estimate of drug-likeness (QED) is 0.663. The van der Waals surface area contributed by atoms with Crippen molar-refractivity contribution in [2.45, 2.75) is 6.18 Å². The number of hydrogen-bond acceptors (Lipinski definition) is 2. The lowest BCUT2D eigenvalue weighted by Crippen LogP contribution is -2.15. The molecule has 0 unspecified atom stereocenters. The fourth-order valence-corrected chi connectivity index (χ4v) is 0.892. The van der Waals surface area contributed by atoms with Gasteiger partial charge in [0.25, 0.3) is 5.56 Å². The third-order valence-corrected chi connectivity index (χ3v) is 1.49. The maximum absolute atomic E-state index is 12.1. The molecule has 0 spiro atoms. The molecular formula is C6H5F3N2O2. The van der Waals surface area contributed by atoms with Crippen LogP contribution in [0.25, 0.3) is 0 Å². The van der Waals surface area contributed by atoms with Crippen molar-refractivity contribution in [1.82, 2.24) is 9.78 Å². The molecule has 0 bridgehead atoms. The summed E-state index contributed by atoms with van der Waals surface area (Å²) in [5, 5.41) is 1.75. The molecule has 72 valence electrons. The zero-order chi connectivity index (χ0) is 10.2. The molecule has 0 aliphatic heterocycles. The Morgan fingerprint density at radius 3 is 2.31 bits per heavy atom. The molecule has 0 aliphatic carbocycles. The van der Waals surface area contributed by atoms with E-state index in [1.54, 1.807) is 5.10 Å². The van der Waals surface area contributed by atoms with Crippen molar-refractivity contribution in [3.8, 4) is 0 Å². The van der Waals surface area contributed by atoms with Gasteiger partial charge >= 0.3 is 6.18 Å². The largest absolute Gasteiger partial charge is 0.433 e. The number of halogens is 3. The zero-order valence-corrected chi connectivity index (χ0v) is 6.47. The molecule has 0 aliphatic rings. The van der Waals surface area contributed by atoms with Gasteiger partial charge in [-0.05, 0) is 0 Å². The number of aryl methyl sites for hydroxylation is 1. The van der Waals surface area contributed by atoms with Crippen LogP contribution < -0.4 is 5.56 Å². The van der Waals surface area contributed by atoms with Crippen molar-refractivity contribution in [3.63, 3.8) is 0 Å². The van der Waals surface area contributed by atoms with E-state index in [-0.39, 0.29) is 6.29 Å². The van der Waals surface area contributed by atoms with Crippen molar-refractivity contribution in [2.75, 3.05) is 0 Å². The van der Waals surface area contributed by atoms with Gasteiger partial charge in [-0.15, -0.1) is 0 Å². The average molecular weight is 194 g/mol. The summed E-state index contributed by atoms with van der Waals surface area (Å²) in [6.45, 7) is 0. The van der Waals surface area contributed by atoms with Crippen molar-refractivity contribution in [3.05, 3.63) is 21.6 Å². The smallest absolute Gasteiger partial charge is 0.298 e. The summed E-state index contributed by atoms with van der Waals surface area (Å²) in [5.41, 5.74) is -3.19. The van der Waals surface area contributed by atoms with Crippen LogP contribution in [0.3, 0.4) is 0 Å². The molecule has 4 nitrogen and oxygen atoms in total. The Bertz CT molecular complexity index is 388. The first-order valence-corrected chi connectivity index (χ1v) is 3.19. The van der Waals surface area contributed by atoms with Gasteiger partial charge in [-0.1, -0.05) is 0 Å². The van der Waals surface area contributed by atoms with Crippen LogP contribution in [0, 0.1) is 0 Å². The van der Waals surface area contributed by atoms with Gasteiger partial charge in [0.05, 0.1) is 0 Å². The number of carbonyl (C=O) groups is 1. The second kappa shape index (κ2) is 2.75. The Hall–Kier alpha value is -1.53. The Kier molecular flexibility index (Phi) is 2.02. The Morgan fingerprint density at radius 1 is 1.46 bits per heavy atom. The van der Waals surface area contributed by atoms with Crippen LogP contribution in [0.1, 0.15) is 16.1 Å². The topological polar surface area (TPSA) is 54.9 Å². The van der Waals surface area contributed by atoms with E-state index in [1.807, 2.05) is 0 Å². The minimum atomic E-state index is -4.71. The van der Waals surface area contributed by atoms with Crippen molar-refractivity contribution >= 4 is 6.29 Å². The SMILES string of the molecule is Cn1[nH]c(C(F)(F)F)c(C=O)c1=O. The lowest BCUT2D eigenvalue weighted by atomic mass is 10.2. The van der Waals surface area contributed by atoms with Crippen LogP contribution in [-0.2, 0) is 13.2 Å². The Balaban J connectivity index is 3.47. The highest BCUT2D eigenvalue weighted by molar-refractivity contribution is 5.76. The summed E-state index contributed by atoms with van der Waals surface area (Å²) in [6.07, 6.45) is -4.82. The minimum absolute atomic E-state index is 0.109. The maximum atomic E-state index is 12.1. The van der Waals surface area contributed by atoms with E-state index in [9.17, 15) is 22.8 Å². The Morgan fingerprint density at radius 2 is 2.00 bits per heavy atom. The highest BCUT2D eigenvalue weighted by Gasteiger charge is 2.37. The summed E-state index contributed by atoms with van der Waals surface area (Å²) in [4.78, 5) is 21.0. The fourth-order valence-electron chi connectivity index (χ4n) is 0.892. The van der Waals surface area contributed by atoms with E-state index >= 15 is 0 Å². The highest BCUT2D eigenvalue weighted by Crippen LogP contribution is 2.28. The number of aromatic amines is 1. The Labute approximate surface area is 70.0 Å². The van der Waals surface area contributed by atoms with Crippen molar-refractivity contribution in [2.24, 2.45) is 7.05 Å². The van der Waals surface area contributed by atoms with E-state index in [0.717, 1.165) is 7.05 Å². The molecule has 1 heterocycles. The van der Waals surface area contributed by atoms with E-state index in [1.165, 1.54) is 0 Å². The number of alkyl halides is 3. The van der Waals surface area contributed by atoms with Gasteiger partial charge in [0.2, 0.25) is 0 Å². The van der Waals surface area contributed by atoms with Gasteiger partial charge in [-0.25, -0.2) is 0 Å². The lowest BCUT2D eigenvalue weighted by molar-refractivity contribution is -0.141. The van der Waals surface area contributed by atoms with Gasteiger partial charge in [0.1, 0.15) is 5.56 Å². The van der Waals surface area contributed by atoms with Crippen molar-refractivity contribution in [1.29, 1.82) is 0 Å². The molecule has 0 aromatic carbocycles. The second-order valence-corrected chi connectivity index (χ2v) is 2.38. The number of rotatable bonds is 1. The first kappa shape index (κ1) is 9.56. The monoisotopic (exact) mass is 194 g/mol. The molecule has 13 heavy (non-hydrogen) atoms. The van der Waals surface area contributed by atoms with E-state index < -0.39 is 23.0 Å². The molecule has 1 aromatic rings. The number of aromatic nitrogens is 2. The molecule has 0 fully saturated rings.